The molecular formula is C29H28FNO4. The average molecular weight is 474 g/mol. The molecule has 0 bridgehead atoms. The van der Waals surface area contributed by atoms with Gasteiger partial charge in [0.15, 0.2) is 0 Å². The Morgan fingerprint density at radius 1 is 1.03 bits per heavy atom. The maximum Gasteiger partial charge on any atom is 0.295 e. The first-order chi connectivity index (χ1) is 16.7. The third-order valence-corrected chi connectivity index (χ3v) is 5.88. The number of Topliss-reactive ketones (excluding diaryl/α,β-unsaturated/α-hetero) is 1. The molecule has 0 saturated carbocycles. The van der Waals surface area contributed by atoms with Gasteiger partial charge in [-0.05, 0) is 60.4 Å². The normalized spacial score (nSPS) is 17.3. The molecule has 1 aliphatic heterocycles. The third kappa shape index (κ3) is 5.27. The van der Waals surface area contributed by atoms with Crippen molar-refractivity contribution < 1.29 is 23.8 Å². The summed E-state index contributed by atoms with van der Waals surface area (Å²) in [6.07, 6.45) is 0. The van der Waals surface area contributed by atoms with E-state index < -0.39 is 23.5 Å². The molecule has 1 N–H and O–H groups in total. The van der Waals surface area contributed by atoms with Crippen LogP contribution in [0.1, 0.15) is 42.1 Å². The van der Waals surface area contributed by atoms with Gasteiger partial charge in [0.1, 0.15) is 17.3 Å². The van der Waals surface area contributed by atoms with Crippen molar-refractivity contribution in [2.24, 2.45) is 5.92 Å². The van der Waals surface area contributed by atoms with E-state index in [-0.39, 0.29) is 23.4 Å². The van der Waals surface area contributed by atoms with E-state index in [9.17, 15) is 19.1 Å². The molecule has 0 aromatic heterocycles. The van der Waals surface area contributed by atoms with Crippen molar-refractivity contribution >= 4 is 17.4 Å². The molecule has 0 spiro atoms. The smallest absolute Gasteiger partial charge is 0.295 e. The maximum absolute atomic E-state index is 13.4. The fraction of sp³-hybridized carbons (Fsp3) is 0.241. The Labute approximate surface area is 204 Å². The molecule has 35 heavy (non-hydrogen) atoms. The summed E-state index contributed by atoms with van der Waals surface area (Å²) in [7, 11) is 0. The first kappa shape index (κ1) is 24.2. The van der Waals surface area contributed by atoms with Gasteiger partial charge >= 0.3 is 0 Å². The van der Waals surface area contributed by atoms with Crippen LogP contribution in [-0.2, 0) is 16.1 Å². The lowest BCUT2D eigenvalue weighted by Gasteiger charge is -2.26. The number of hydrogen-bond acceptors (Lipinski definition) is 4. The summed E-state index contributed by atoms with van der Waals surface area (Å²) in [6, 6.07) is 19.3. The Balaban J connectivity index is 1.73. The zero-order chi connectivity index (χ0) is 25.1. The number of aryl methyl sites for hydroxylation is 1. The predicted molar refractivity (Wildman–Crippen MR) is 132 cm³/mol. The van der Waals surface area contributed by atoms with E-state index in [1.165, 1.54) is 29.2 Å². The number of rotatable bonds is 7. The summed E-state index contributed by atoms with van der Waals surface area (Å²) in [5.74, 6) is -1.11. The van der Waals surface area contributed by atoms with Gasteiger partial charge in [0.2, 0.25) is 0 Å². The molecule has 3 aromatic rings. The Morgan fingerprint density at radius 3 is 2.34 bits per heavy atom. The fourth-order valence-electron chi connectivity index (χ4n) is 4.14. The van der Waals surface area contributed by atoms with Crippen LogP contribution in [-0.4, -0.2) is 28.3 Å². The number of carbonyl (C=O) groups excluding carboxylic acids is 2. The average Bonchev–Trinajstić information content (AvgIpc) is 3.08. The van der Waals surface area contributed by atoms with E-state index in [2.05, 4.69) is 13.8 Å². The van der Waals surface area contributed by atoms with Crippen LogP contribution in [0, 0.1) is 18.7 Å². The zero-order valence-electron chi connectivity index (χ0n) is 20.0. The Morgan fingerprint density at radius 2 is 1.71 bits per heavy atom. The summed E-state index contributed by atoms with van der Waals surface area (Å²) < 4.78 is 19.2. The molecule has 1 amide bonds. The van der Waals surface area contributed by atoms with Crippen LogP contribution in [0.25, 0.3) is 5.76 Å². The minimum absolute atomic E-state index is 0.0101. The minimum Gasteiger partial charge on any atom is -0.507 e. The number of hydrogen-bond donors (Lipinski definition) is 1. The highest BCUT2D eigenvalue weighted by Gasteiger charge is 2.46. The number of ether oxygens (including phenoxy) is 1. The number of aliphatic hydroxyl groups is 1. The SMILES string of the molecule is Cc1cccc(C2/C(=C(/O)c3ccc(F)cc3)C(=O)C(=O)N2Cc2ccc(OCC(C)C)cc2)c1. The molecule has 1 unspecified atom stereocenters. The van der Waals surface area contributed by atoms with Gasteiger partial charge in [-0.3, -0.25) is 9.59 Å². The number of carbonyl (C=O) groups is 2. The van der Waals surface area contributed by atoms with Crippen LogP contribution in [0.5, 0.6) is 5.75 Å². The molecule has 1 atom stereocenters. The lowest BCUT2D eigenvalue weighted by atomic mass is 9.94. The Bertz CT molecular complexity index is 1260. The van der Waals surface area contributed by atoms with E-state index in [4.69, 9.17) is 4.74 Å². The van der Waals surface area contributed by atoms with Gasteiger partial charge in [-0.15, -0.1) is 0 Å². The fourth-order valence-corrected chi connectivity index (χ4v) is 4.14. The van der Waals surface area contributed by atoms with Crippen molar-refractivity contribution in [1.82, 2.24) is 4.90 Å². The Kier molecular flexibility index (Phi) is 7.01. The molecule has 180 valence electrons. The molecule has 1 fully saturated rings. The van der Waals surface area contributed by atoms with Crippen LogP contribution in [0.4, 0.5) is 4.39 Å². The Hall–Kier alpha value is -3.93. The van der Waals surface area contributed by atoms with Crippen molar-refractivity contribution in [3.63, 3.8) is 0 Å². The van der Waals surface area contributed by atoms with Gasteiger partial charge in [-0.25, -0.2) is 4.39 Å². The first-order valence-corrected chi connectivity index (χ1v) is 11.6. The van der Waals surface area contributed by atoms with E-state index in [0.29, 0.717) is 18.1 Å². The molecule has 6 heteroatoms. The van der Waals surface area contributed by atoms with Crippen molar-refractivity contribution in [3.8, 4) is 5.75 Å². The molecule has 3 aromatic carbocycles. The van der Waals surface area contributed by atoms with Crippen LogP contribution < -0.4 is 4.74 Å². The predicted octanol–water partition coefficient (Wildman–Crippen LogP) is 5.79. The number of halogens is 1. The van der Waals surface area contributed by atoms with E-state index in [0.717, 1.165) is 16.9 Å². The number of ketones is 1. The number of likely N-dealkylation sites (tertiary alicyclic amines) is 1. The second-order valence-corrected chi connectivity index (χ2v) is 9.20. The van der Waals surface area contributed by atoms with Crippen LogP contribution in [0.15, 0.2) is 78.4 Å². The second-order valence-electron chi connectivity index (χ2n) is 9.20. The molecule has 1 aliphatic rings. The number of aliphatic hydroxyl groups excluding tert-OH is 1. The highest BCUT2D eigenvalue weighted by Crippen LogP contribution is 2.40. The minimum atomic E-state index is -0.781. The van der Waals surface area contributed by atoms with Crippen molar-refractivity contribution in [2.45, 2.75) is 33.4 Å². The van der Waals surface area contributed by atoms with E-state index >= 15 is 0 Å². The van der Waals surface area contributed by atoms with Crippen LogP contribution in [0.3, 0.4) is 0 Å². The van der Waals surface area contributed by atoms with Crippen molar-refractivity contribution in [2.75, 3.05) is 6.61 Å². The van der Waals surface area contributed by atoms with Gasteiger partial charge in [-0.1, -0.05) is 55.8 Å². The number of amides is 1. The first-order valence-electron chi connectivity index (χ1n) is 11.6. The van der Waals surface area contributed by atoms with Gasteiger partial charge < -0.3 is 14.7 Å². The zero-order valence-corrected chi connectivity index (χ0v) is 20.0. The highest BCUT2D eigenvalue weighted by molar-refractivity contribution is 6.46. The van der Waals surface area contributed by atoms with Gasteiger partial charge in [-0.2, -0.15) is 0 Å². The highest BCUT2D eigenvalue weighted by atomic mass is 19.1. The molecule has 0 aliphatic carbocycles. The van der Waals surface area contributed by atoms with Crippen LogP contribution in [0.2, 0.25) is 0 Å². The molecule has 1 heterocycles. The van der Waals surface area contributed by atoms with E-state index in [1.807, 2.05) is 55.5 Å². The molecule has 5 nitrogen and oxygen atoms in total. The summed E-state index contributed by atoms with van der Waals surface area (Å²) in [5.41, 5.74) is 2.76. The van der Waals surface area contributed by atoms with E-state index in [1.54, 1.807) is 0 Å². The summed E-state index contributed by atoms with van der Waals surface area (Å²) >= 11 is 0. The lowest BCUT2D eigenvalue weighted by Crippen LogP contribution is -2.29. The number of benzene rings is 3. The monoisotopic (exact) mass is 473 g/mol. The second kappa shape index (κ2) is 10.1. The summed E-state index contributed by atoms with van der Waals surface area (Å²) in [4.78, 5) is 27.8. The topological polar surface area (TPSA) is 66.8 Å². The molecule has 0 radical (unpaired) electrons. The lowest BCUT2D eigenvalue weighted by molar-refractivity contribution is -0.140. The summed E-state index contributed by atoms with van der Waals surface area (Å²) in [5, 5.41) is 11.1. The summed E-state index contributed by atoms with van der Waals surface area (Å²) in [6.45, 7) is 6.84. The number of nitrogens with zero attached hydrogens (tertiary/aromatic N) is 1. The van der Waals surface area contributed by atoms with Gasteiger partial charge in [0.05, 0.1) is 18.2 Å². The molecule has 4 rings (SSSR count). The standard InChI is InChI=1S/C29H28FNO4/c1-18(2)17-35-24-13-7-20(8-14-24)16-31-26(22-6-4-5-19(3)15-22)25(28(33)29(31)34)27(32)21-9-11-23(30)12-10-21/h4-15,18,26,32H,16-17H2,1-3H3/b27-25-. The molecular weight excluding hydrogens is 445 g/mol. The van der Waals surface area contributed by atoms with Crippen LogP contribution >= 0.6 is 0 Å². The van der Waals surface area contributed by atoms with Gasteiger partial charge in [0.25, 0.3) is 11.7 Å². The van der Waals surface area contributed by atoms with Crippen molar-refractivity contribution in [1.29, 1.82) is 0 Å². The third-order valence-electron chi connectivity index (χ3n) is 5.88. The quantitative estimate of drug-likeness (QED) is 0.268. The van der Waals surface area contributed by atoms with Crippen molar-refractivity contribution in [3.05, 3.63) is 106 Å². The van der Waals surface area contributed by atoms with Gasteiger partial charge in [0, 0.05) is 12.1 Å². The molecule has 1 saturated heterocycles. The maximum atomic E-state index is 13.4. The largest absolute Gasteiger partial charge is 0.507 e.